The van der Waals surface area contributed by atoms with Crippen LogP contribution in [0.3, 0.4) is 0 Å². The Bertz CT molecular complexity index is 718. The van der Waals surface area contributed by atoms with Gasteiger partial charge >= 0.3 is 0 Å². The average molecular weight is 344 g/mol. The molecule has 1 aromatic heterocycles. The minimum absolute atomic E-state index is 0.0878. The molecule has 0 spiro atoms. The van der Waals surface area contributed by atoms with Gasteiger partial charge in [0.25, 0.3) is 0 Å². The summed E-state index contributed by atoms with van der Waals surface area (Å²) < 4.78 is 18.6. The van der Waals surface area contributed by atoms with Crippen molar-refractivity contribution in [3.63, 3.8) is 0 Å². The Labute approximate surface area is 146 Å². The molecule has 0 radical (unpaired) electrons. The Hall–Kier alpha value is -2.70. The maximum atomic E-state index is 13.7. The lowest BCUT2D eigenvalue weighted by atomic mass is 10.1. The van der Waals surface area contributed by atoms with Crippen LogP contribution in [0.1, 0.15) is 12.0 Å². The number of carbonyl (C=O) groups excluding carboxylic acids is 1. The van der Waals surface area contributed by atoms with E-state index < -0.39 is 5.82 Å². The van der Waals surface area contributed by atoms with E-state index in [1.165, 1.54) is 13.2 Å². The highest BCUT2D eigenvalue weighted by Crippen LogP contribution is 2.19. The lowest BCUT2D eigenvalue weighted by Gasteiger charge is -2.34. The Balaban J connectivity index is 1.49. The van der Waals surface area contributed by atoms with Gasteiger partial charge in [0.15, 0.2) is 11.6 Å². The number of piperazine rings is 1. The van der Waals surface area contributed by atoms with Crippen LogP contribution in [0.2, 0.25) is 0 Å². The van der Waals surface area contributed by atoms with Crippen molar-refractivity contribution < 1.29 is 13.9 Å². The van der Waals surface area contributed by atoms with Crippen LogP contribution in [0.5, 0.6) is 5.75 Å². The molecule has 25 heavy (non-hydrogen) atoms. The monoisotopic (exact) mass is 344 g/mol. The first-order chi connectivity index (χ1) is 12.2. The Morgan fingerprint density at radius 3 is 2.56 bits per heavy atom. The van der Waals surface area contributed by atoms with E-state index in [0.717, 1.165) is 5.56 Å². The average Bonchev–Trinajstić information content (AvgIpc) is 2.67. The molecule has 1 fully saturated rings. The van der Waals surface area contributed by atoms with E-state index in [2.05, 4.69) is 14.9 Å². The fourth-order valence-corrected chi connectivity index (χ4v) is 2.89. The van der Waals surface area contributed by atoms with Gasteiger partial charge in [-0.25, -0.2) is 14.4 Å². The van der Waals surface area contributed by atoms with E-state index in [1.807, 2.05) is 4.90 Å². The van der Waals surface area contributed by atoms with Gasteiger partial charge in [0.2, 0.25) is 11.9 Å². The van der Waals surface area contributed by atoms with Gasteiger partial charge in [-0.15, -0.1) is 0 Å². The molecule has 3 rings (SSSR count). The van der Waals surface area contributed by atoms with Crippen molar-refractivity contribution in [3.05, 3.63) is 48.0 Å². The molecule has 1 saturated heterocycles. The molecule has 0 aliphatic carbocycles. The van der Waals surface area contributed by atoms with Crippen LogP contribution >= 0.6 is 0 Å². The zero-order chi connectivity index (χ0) is 17.6. The standard InChI is InChI=1S/C18H21FN4O2/c1-25-16-5-3-14(13-15(16)19)4-6-17(24)22-9-11-23(12-10-22)18-20-7-2-8-21-18/h2-3,5,7-8,13H,4,6,9-12H2,1H3. The fraction of sp³-hybridized carbons (Fsp3) is 0.389. The second-order valence-corrected chi connectivity index (χ2v) is 5.89. The Morgan fingerprint density at radius 1 is 1.20 bits per heavy atom. The number of nitrogens with zero attached hydrogens (tertiary/aromatic N) is 4. The molecule has 2 heterocycles. The maximum absolute atomic E-state index is 13.7. The quantitative estimate of drug-likeness (QED) is 0.829. The van der Waals surface area contributed by atoms with Crippen molar-refractivity contribution in [3.8, 4) is 5.75 Å². The van der Waals surface area contributed by atoms with E-state index in [1.54, 1.807) is 30.6 Å². The smallest absolute Gasteiger partial charge is 0.225 e. The number of benzene rings is 1. The summed E-state index contributed by atoms with van der Waals surface area (Å²) in [6.07, 6.45) is 4.32. The van der Waals surface area contributed by atoms with Crippen molar-refractivity contribution in [1.29, 1.82) is 0 Å². The first-order valence-corrected chi connectivity index (χ1v) is 8.29. The van der Waals surface area contributed by atoms with Crippen molar-refractivity contribution in [2.24, 2.45) is 0 Å². The number of rotatable bonds is 5. The van der Waals surface area contributed by atoms with Crippen LogP contribution in [0.15, 0.2) is 36.7 Å². The molecule has 132 valence electrons. The number of anilines is 1. The summed E-state index contributed by atoms with van der Waals surface area (Å²) in [5, 5.41) is 0. The summed E-state index contributed by atoms with van der Waals surface area (Å²) in [6.45, 7) is 2.72. The predicted molar refractivity (Wildman–Crippen MR) is 92.1 cm³/mol. The summed E-state index contributed by atoms with van der Waals surface area (Å²) in [5.41, 5.74) is 0.794. The number of halogens is 1. The maximum Gasteiger partial charge on any atom is 0.225 e. The lowest BCUT2D eigenvalue weighted by Crippen LogP contribution is -2.49. The molecule has 0 bridgehead atoms. The molecular formula is C18H21FN4O2. The Kier molecular flexibility index (Phi) is 5.42. The number of ether oxygens (including phenoxy) is 1. The van der Waals surface area contributed by atoms with Crippen LogP contribution in [0.25, 0.3) is 0 Å². The number of amides is 1. The Morgan fingerprint density at radius 2 is 1.92 bits per heavy atom. The second kappa shape index (κ2) is 7.92. The van der Waals surface area contributed by atoms with Crippen LogP contribution < -0.4 is 9.64 Å². The van der Waals surface area contributed by atoms with Crippen LogP contribution in [0.4, 0.5) is 10.3 Å². The predicted octanol–water partition coefficient (Wildman–Crippen LogP) is 1.91. The van der Waals surface area contributed by atoms with Gasteiger partial charge in [-0.05, 0) is 30.2 Å². The van der Waals surface area contributed by atoms with E-state index in [0.29, 0.717) is 45.0 Å². The normalized spacial score (nSPS) is 14.5. The van der Waals surface area contributed by atoms with Gasteiger partial charge in [-0.1, -0.05) is 6.07 Å². The van der Waals surface area contributed by atoms with Gasteiger partial charge in [0.1, 0.15) is 0 Å². The summed E-state index contributed by atoms with van der Waals surface area (Å²) in [4.78, 5) is 24.8. The van der Waals surface area contributed by atoms with Crippen molar-refractivity contribution >= 4 is 11.9 Å². The molecule has 0 saturated carbocycles. The van der Waals surface area contributed by atoms with Gasteiger partial charge in [-0.3, -0.25) is 4.79 Å². The first kappa shape index (κ1) is 17.1. The highest BCUT2D eigenvalue weighted by Gasteiger charge is 2.22. The topological polar surface area (TPSA) is 58.6 Å². The van der Waals surface area contributed by atoms with Crippen molar-refractivity contribution in [2.75, 3.05) is 38.2 Å². The van der Waals surface area contributed by atoms with Gasteiger partial charge in [0.05, 0.1) is 7.11 Å². The number of hydrogen-bond acceptors (Lipinski definition) is 5. The SMILES string of the molecule is COc1ccc(CCC(=O)N2CCN(c3ncccn3)CC2)cc1F. The number of hydrogen-bond donors (Lipinski definition) is 0. The highest BCUT2D eigenvalue weighted by molar-refractivity contribution is 5.76. The molecule has 0 unspecified atom stereocenters. The summed E-state index contributed by atoms with van der Waals surface area (Å²) >= 11 is 0. The number of aromatic nitrogens is 2. The van der Waals surface area contributed by atoms with Gasteiger partial charge < -0.3 is 14.5 Å². The minimum Gasteiger partial charge on any atom is -0.494 e. The zero-order valence-corrected chi connectivity index (χ0v) is 14.2. The molecular weight excluding hydrogens is 323 g/mol. The fourth-order valence-electron chi connectivity index (χ4n) is 2.89. The molecule has 2 aromatic rings. The van der Waals surface area contributed by atoms with Gasteiger partial charge in [-0.2, -0.15) is 0 Å². The van der Waals surface area contributed by atoms with E-state index >= 15 is 0 Å². The third-order valence-corrected chi connectivity index (χ3v) is 4.31. The molecule has 7 heteroatoms. The molecule has 6 nitrogen and oxygen atoms in total. The zero-order valence-electron chi connectivity index (χ0n) is 14.2. The van der Waals surface area contributed by atoms with E-state index in [9.17, 15) is 9.18 Å². The third kappa shape index (κ3) is 4.23. The molecule has 1 aromatic carbocycles. The third-order valence-electron chi connectivity index (χ3n) is 4.31. The summed E-state index contributed by atoms with van der Waals surface area (Å²) in [6, 6.07) is 6.59. The van der Waals surface area contributed by atoms with E-state index in [4.69, 9.17) is 4.74 Å². The second-order valence-electron chi connectivity index (χ2n) is 5.89. The largest absolute Gasteiger partial charge is 0.494 e. The molecule has 1 amide bonds. The highest BCUT2D eigenvalue weighted by atomic mass is 19.1. The number of carbonyl (C=O) groups is 1. The summed E-state index contributed by atoms with van der Waals surface area (Å²) in [7, 11) is 1.43. The molecule has 0 N–H and O–H groups in total. The van der Waals surface area contributed by atoms with E-state index in [-0.39, 0.29) is 11.7 Å². The number of methoxy groups -OCH3 is 1. The molecule has 1 aliphatic heterocycles. The summed E-state index contributed by atoms with van der Waals surface area (Å²) in [5.74, 6) is 0.603. The van der Waals surface area contributed by atoms with Crippen LogP contribution in [0, 0.1) is 5.82 Å². The molecule has 1 aliphatic rings. The van der Waals surface area contributed by atoms with Crippen LogP contribution in [-0.4, -0.2) is 54.1 Å². The lowest BCUT2D eigenvalue weighted by molar-refractivity contribution is -0.131. The van der Waals surface area contributed by atoms with Crippen molar-refractivity contribution in [1.82, 2.24) is 14.9 Å². The van der Waals surface area contributed by atoms with Gasteiger partial charge in [0, 0.05) is 45.0 Å². The van der Waals surface area contributed by atoms with Crippen LogP contribution in [-0.2, 0) is 11.2 Å². The number of aryl methyl sites for hydroxylation is 1. The minimum atomic E-state index is -0.399. The first-order valence-electron chi connectivity index (χ1n) is 8.29. The van der Waals surface area contributed by atoms with Crippen molar-refractivity contribution in [2.45, 2.75) is 12.8 Å². The molecule has 0 atom stereocenters.